The molecule has 0 radical (unpaired) electrons. The Labute approximate surface area is 122 Å². The second kappa shape index (κ2) is 5.61. The minimum atomic E-state index is -0.445. The van der Waals surface area contributed by atoms with Crippen LogP contribution in [-0.2, 0) is 19.5 Å². The monoisotopic (exact) mass is 338 g/mol. The molecule has 0 aliphatic heterocycles. The lowest BCUT2D eigenvalue weighted by atomic mass is 10.3. The van der Waals surface area contributed by atoms with Crippen molar-refractivity contribution in [2.75, 3.05) is 6.67 Å². The maximum atomic E-state index is 12.2. The molecular formula is C11H11BrFN7. The molecule has 0 spiro atoms. The van der Waals surface area contributed by atoms with Crippen molar-refractivity contribution in [2.45, 2.75) is 19.5 Å². The molecule has 0 saturated carbocycles. The number of halogens is 2. The van der Waals surface area contributed by atoms with Crippen molar-refractivity contribution < 1.29 is 4.39 Å². The molecule has 3 aromatic rings. The number of alkyl halides is 1. The number of hydrogen-bond donors (Lipinski definition) is 0. The fourth-order valence-electron chi connectivity index (χ4n) is 1.93. The Morgan fingerprint density at radius 1 is 1.20 bits per heavy atom. The van der Waals surface area contributed by atoms with E-state index in [2.05, 4.69) is 41.2 Å². The summed E-state index contributed by atoms with van der Waals surface area (Å²) in [5.41, 5.74) is 2.31. The molecule has 3 rings (SSSR count). The lowest BCUT2D eigenvalue weighted by Gasteiger charge is -2.02. The van der Waals surface area contributed by atoms with Crippen molar-refractivity contribution in [1.82, 2.24) is 34.5 Å². The third kappa shape index (κ3) is 2.53. The largest absolute Gasteiger partial charge is 0.327 e. The quantitative estimate of drug-likeness (QED) is 0.657. The Balaban J connectivity index is 1.76. The van der Waals surface area contributed by atoms with Crippen LogP contribution in [-0.4, -0.2) is 41.2 Å². The molecule has 0 aliphatic rings. The SMILES string of the molecule is [18F]CCn1cc(CCn2cnc3ncnc(Br)c32)nn1. The number of nitrogens with zero attached hydrogens (tertiary/aromatic N) is 7. The maximum Gasteiger partial charge on any atom is 0.181 e. The van der Waals surface area contributed by atoms with E-state index >= 15 is 0 Å². The molecule has 0 saturated heterocycles. The van der Waals surface area contributed by atoms with Gasteiger partial charge in [-0.1, -0.05) is 5.21 Å². The van der Waals surface area contributed by atoms with E-state index in [9.17, 15) is 4.39 Å². The Morgan fingerprint density at radius 2 is 2.10 bits per heavy atom. The zero-order chi connectivity index (χ0) is 13.9. The van der Waals surface area contributed by atoms with Crippen molar-refractivity contribution in [3.8, 4) is 0 Å². The van der Waals surface area contributed by atoms with Gasteiger partial charge in [0, 0.05) is 19.2 Å². The van der Waals surface area contributed by atoms with Crippen molar-refractivity contribution in [3.63, 3.8) is 0 Å². The van der Waals surface area contributed by atoms with Gasteiger partial charge >= 0.3 is 0 Å². The van der Waals surface area contributed by atoms with E-state index in [1.807, 2.05) is 4.57 Å². The smallest absolute Gasteiger partial charge is 0.181 e. The van der Waals surface area contributed by atoms with Crippen LogP contribution in [0.4, 0.5) is 4.39 Å². The molecule has 0 unspecified atom stereocenters. The van der Waals surface area contributed by atoms with Gasteiger partial charge in [-0.25, -0.2) is 24.0 Å². The Morgan fingerprint density at radius 3 is 2.95 bits per heavy atom. The van der Waals surface area contributed by atoms with Gasteiger partial charge in [-0.2, -0.15) is 0 Å². The van der Waals surface area contributed by atoms with Crippen molar-refractivity contribution >= 4 is 27.1 Å². The number of fused-ring (bicyclic) bond motifs is 1. The highest BCUT2D eigenvalue weighted by atomic mass is 79.9. The van der Waals surface area contributed by atoms with Crippen LogP contribution in [0.2, 0.25) is 0 Å². The van der Waals surface area contributed by atoms with E-state index in [0.29, 0.717) is 23.2 Å². The molecule has 0 aromatic carbocycles. The van der Waals surface area contributed by atoms with Gasteiger partial charge in [0.1, 0.15) is 23.1 Å². The molecule has 0 bridgehead atoms. The molecule has 9 heteroatoms. The number of hydrogen-bond acceptors (Lipinski definition) is 5. The highest BCUT2D eigenvalue weighted by molar-refractivity contribution is 9.10. The number of rotatable bonds is 5. The minimum absolute atomic E-state index is 0.237. The summed E-state index contributed by atoms with van der Waals surface area (Å²) >= 11 is 3.39. The summed E-state index contributed by atoms with van der Waals surface area (Å²) in [5, 5.41) is 7.86. The van der Waals surface area contributed by atoms with Crippen LogP contribution >= 0.6 is 15.9 Å². The van der Waals surface area contributed by atoms with Gasteiger partial charge in [0.2, 0.25) is 0 Å². The summed E-state index contributed by atoms with van der Waals surface area (Å²) in [6.07, 6.45) is 5.62. The summed E-state index contributed by atoms with van der Waals surface area (Å²) in [6.45, 7) is 0.469. The van der Waals surface area contributed by atoms with E-state index in [4.69, 9.17) is 0 Å². The van der Waals surface area contributed by atoms with Crippen LogP contribution < -0.4 is 0 Å². The van der Waals surface area contributed by atoms with Crippen LogP contribution in [0, 0.1) is 0 Å². The van der Waals surface area contributed by atoms with Crippen molar-refractivity contribution in [1.29, 1.82) is 0 Å². The summed E-state index contributed by atoms with van der Waals surface area (Å²) in [5.74, 6) is 0. The van der Waals surface area contributed by atoms with E-state index in [1.54, 1.807) is 12.5 Å². The molecule has 0 aliphatic carbocycles. The standard InChI is InChI=1S/C11H11BrFN7/c12-10-9-11(15-6-14-10)16-7-19(9)3-1-8-5-20(4-2-13)18-17-8/h5-7H,1-4H2/i13-1. The molecule has 0 amide bonds. The van der Waals surface area contributed by atoms with E-state index in [-0.39, 0.29) is 6.54 Å². The Hall–Kier alpha value is -1.90. The van der Waals surface area contributed by atoms with E-state index < -0.39 is 6.67 Å². The van der Waals surface area contributed by atoms with Crippen LogP contribution in [0.15, 0.2) is 23.5 Å². The Kier molecular flexibility index (Phi) is 3.68. The number of imidazole rings is 1. The number of aryl methyl sites for hydroxylation is 3. The summed E-state index contributed by atoms with van der Waals surface area (Å²) in [7, 11) is 0. The Bertz CT molecular complexity index is 722. The zero-order valence-electron chi connectivity index (χ0n) is 10.4. The van der Waals surface area contributed by atoms with Crippen LogP contribution in [0.3, 0.4) is 0 Å². The molecule has 20 heavy (non-hydrogen) atoms. The third-order valence-corrected chi connectivity index (χ3v) is 3.45. The summed E-state index contributed by atoms with van der Waals surface area (Å²) in [6, 6.07) is 0. The van der Waals surface area contributed by atoms with Gasteiger partial charge in [0.25, 0.3) is 0 Å². The average Bonchev–Trinajstić information content (AvgIpc) is 3.04. The lowest BCUT2D eigenvalue weighted by molar-refractivity contribution is 0.422. The summed E-state index contributed by atoms with van der Waals surface area (Å²) < 4.78 is 16.4. The van der Waals surface area contributed by atoms with Crippen LogP contribution in [0.25, 0.3) is 11.2 Å². The molecule has 0 atom stereocenters. The van der Waals surface area contributed by atoms with E-state index in [1.165, 1.54) is 11.0 Å². The first-order chi connectivity index (χ1) is 9.78. The van der Waals surface area contributed by atoms with Gasteiger partial charge in [0.05, 0.1) is 18.6 Å². The van der Waals surface area contributed by atoms with Gasteiger partial charge in [-0.3, -0.25) is 0 Å². The zero-order valence-corrected chi connectivity index (χ0v) is 12.0. The average molecular weight is 339 g/mol. The van der Waals surface area contributed by atoms with Crippen molar-refractivity contribution in [2.24, 2.45) is 0 Å². The second-order valence-corrected chi connectivity index (χ2v) is 4.94. The van der Waals surface area contributed by atoms with Crippen molar-refractivity contribution in [3.05, 3.63) is 29.1 Å². The predicted molar refractivity (Wildman–Crippen MR) is 72.7 cm³/mol. The van der Waals surface area contributed by atoms with Crippen LogP contribution in [0.1, 0.15) is 5.69 Å². The second-order valence-electron chi connectivity index (χ2n) is 4.19. The maximum absolute atomic E-state index is 12.2. The topological polar surface area (TPSA) is 74.3 Å². The lowest BCUT2D eigenvalue weighted by Crippen LogP contribution is -2.01. The first-order valence-corrected chi connectivity index (χ1v) is 6.83. The predicted octanol–water partition coefficient (Wildman–Crippen LogP) is 1.39. The van der Waals surface area contributed by atoms with Crippen LogP contribution in [0.5, 0.6) is 0 Å². The summed E-state index contributed by atoms with van der Waals surface area (Å²) in [4.78, 5) is 12.4. The molecule has 0 N–H and O–H groups in total. The molecule has 0 fully saturated rings. The highest BCUT2D eigenvalue weighted by Crippen LogP contribution is 2.18. The fourth-order valence-corrected chi connectivity index (χ4v) is 2.42. The number of aromatic nitrogens is 7. The van der Waals surface area contributed by atoms with E-state index in [0.717, 1.165) is 11.2 Å². The molecular weight excluding hydrogens is 328 g/mol. The fraction of sp³-hybridized carbons (Fsp3) is 0.364. The van der Waals surface area contributed by atoms with Gasteiger partial charge in [-0.05, 0) is 15.9 Å². The normalized spacial score (nSPS) is 11.3. The van der Waals surface area contributed by atoms with Gasteiger partial charge in [-0.15, -0.1) is 5.10 Å². The molecule has 3 heterocycles. The highest BCUT2D eigenvalue weighted by Gasteiger charge is 2.09. The van der Waals surface area contributed by atoms with Gasteiger partial charge < -0.3 is 4.57 Å². The third-order valence-electron chi connectivity index (χ3n) is 2.87. The first-order valence-electron chi connectivity index (χ1n) is 6.04. The molecule has 3 aromatic heterocycles. The minimum Gasteiger partial charge on any atom is -0.327 e. The first kappa shape index (κ1) is 13.1. The molecule has 7 nitrogen and oxygen atoms in total. The van der Waals surface area contributed by atoms with Gasteiger partial charge in [0.15, 0.2) is 5.65 Å². The molecule has 104 valence electrons.